The first kappa shape index (κ1) is 13.2. The number of unbranched alkanes of at least 4 members (excludes halogenated alkanes) is 1. The van der Waals surface area contributed by atoms with Gasteiger partial charge in [0, 0.05) is 17.0 Å². The topological polar surface area (TPSA) is 29.1 Å². The highest BCUT2D eigenvalue weighted by Gasteiger charge is 2.42. The van der Waals surface area contributed by atoms with Crippen LogP contribution < -0.4 is 5.32 Å². The molecule has 0 radical (unpaired) electrons. The summed E-state index contributed by atoms with van der Waals surface area (Å²) in [5, 5.41) is 5.40. The number of fused-ring (bicyclic) bond motifs is 1. The number of amides is 1. The molecule has 2 heteroatoms. The summed E-state index contributed by atoms with van der Waals surface area (Å²) < 4.78 is 0. The molecular formula is C18H21NO. The van der Waals surface area contributed by atoms with Crippen molar-refractivity contribution >= 4 is 22.4 Å². The Balaban J connectivity index is 1.70. The highest BCUT2D eigenvalue weighted by Crippen LogP contribution is 2.43. The highest BCUT2D eigenvalue weighted by molar-refractivity contribution is 6.03. The molecule has 1 N–H and O–H groups in total. The minimum Gasteiger partial charge on any atom is -0.325 e. The van der Waals surface area contributed by atoms with E-state index in [9.17, 15) is 4.79 Å². The second-order valence-corrected chi connectivity index (χ2v) is 5.76. The van der Waals surface area contributed by atoms with Crippen molar-refractivity contribution in [1.82, 2.24) is 0 Å². The van der Waals surface area contributed by atoms with Gasteiger partial charge in [-0.15, -0.1) is 0 Å². The van der Waals surface area contributed by atoms with Gasteiger partial charge in [0.1, 0.15) is 0 Å². The average molecular weight is 267 g/mol. The summed E-state index contributed by atoms with van der Waals surface area (Å²) in [5.74, 6) is 1.05. The maximum atomic E-state index is 12.3. The maximum Gasteiger partial charge on any atom is 0.227 e. The standard InChI is InChI=1S/C18H21NO/c1-2-3-7-14-12-16(14)18(20)19-17-11-6-9-13-8-4-5-10-15(13)17/h4-6,8-11,14,16H,2-3,7,12H2,1H3,(H,19,20)/t14-,16-/m0/s1. The van der Waals surface area contributed by atoms with Crippen LogP contribution in [0.15, 0.2) is 42.5 Å². The van der Waals surface area contributed by atoms with Crippen molar-refractivity contribution in [2.75, 3.05) is 5.32 Å². The Morgan fingerprint density at radius 1 is 1.20 bits per heavy atom. The number of anilines is 1. The van der Waals surface area contributed by atoms with Gasteiger partial charge in [-0.05, 0) is 30.2 Å². The second-order valence-electron chi connectivity index (χ2n) is 5.76. The molecule has 1 aliphatic carbocycles. The van der Waals surface area contributed by atoms with Crippen LogP contribution in [0, 0.1) is 11.8 Å². The molecule has 1 amide bonds. The van der Waals surface area contributed by atoms with E-state index < -0.39 is 0 Å². The quantitative estimate of drug-likeness (QED) is 0.842. The monoisotopic (exact) mass is 267 g/mol. The van der Waals surface area contributed by atoms with E-state index in [-0.39, 0.29) is 11.8 Å². The molecule has 2 aromatic rings. The van der Waals surface area contributed by atoms with Crippen LogP contribution in [0.25, 0.3) is 10.8 Å². The van der Waals surface area contributed by atoms with Gasteiger partial charge in [0.2, 0.25) is 5.91 Å². The van der Waals surface area contributed by atoms with E-state index in [1.807, 2.05) is 24.3 Å². The summed E-state index contributed by atoms with van der Waals surface area (Å²) >= 11 is 0. The number of rotatable bonds is 5. The molecule has 2 aromatic carbocycles. The van der Waals surface area contributed by atoms with Crippen molar-refractivity contribution in [3.05, 3.63) is 42.5 Å². The summed E-state index contributed by atoms with van der Waals surface area (Å²) in [6.45, 7) is 2.20. The average Bonchev–Trinajstić information content (AvgIpc) is 3.25. The van der Waals surface area contributed by atoms with Crippen molar-refractivity contribution in [3.63, 3.8) is 0 Å². The van der Waals surface area contributed by atoms with Gasteiger partial charge in [-0.2, -0.15) is 0 Å². The molecule has 0 saturated heterocycles. The van der Waals surface area contributed by atoms with Gasteiger partial charge in [-0.1, -0.05) is 56.2 Å². The van der Waals surface area contributed by atoms with Crippen LogP contribution in [0.4, 0.5) is 5.69 Å². The van der Waals surface area contributed by atoms with Crippen molar-refractivity contribution in [2.45, 2.75) is 32.6 Å². The zero-order chi connectivity index (χ0) is 13.9. The van der Waals surface area contributed by atoms with E-state index in [4.69, 9.17) is 0 Å². The predicted molar refractivity (Wildman–Crippen MR) is 83.7 cm³/mol. The Kier molecular flexibility index (Phi) is 3.72. The Bertz CT molecular complexity index is 614. The molecule has 0 aromatic heterocycles. The van der Waals surface area contributed by atoms with E-state index in [0.717, 1.165) is 17.5 Å². The molecule has 0 spiro atoms. The maximum absolute atomic E-state index is 12.3. The smallest absolute Gasteiger partial charge is 0.227 e. The molecule has 1 saturated carbocycles. The first-order valence-electron chi connectivity index (χ1n) is 7.58. The van der Waals surface area contributed by atoms with Gasteiger partial charge in [0.25, 0.3) is 0 Å². The minimum atomic E-state index is 0.197. The van der Waals surface area contributed by atoms with Crippen LogP contribution in [-0.4, -0.2) is 5.91 Å². The molecule has 1 aliphatic rings. The largest absolute Gasteiger partial charge is 0.325 e. The Hall–Kier alpha value is -1.83. The number of benzene rings is 2. The van der Waals surface area contributed by atoms with Crippen molar-refractivity contribution < 1.29 is 4.79 Å². The summed E-state index contributed by atoms with van der Waals surface area (Å²) in [5.41, 5.74) is 0.939. The minimum absolute atomic E-state index is 0.197. The number of hydrogen-bond acceptors (Lipinski definition) is 1. The Labute approximate surface area is 120 Å². The van der Waals surface area contributed by atoms with Gasteiger partial charge in [-0.3, -0.25) is 4.79 Å². The zero-order valence-corrected chi connectivity index (χ0v) is 11.9. The second kappa shape index (κ2) is 5.66. The summed E-state index contributed by atoms with van der Waals surface area (Å²) in [6, 6.07) is 14.2. The van der Waals surface area contributed by atoms with Crippen LogP contribution >= 0.6 is 0 Å². The SMILES string of the molecule is CCCC[C@H]1C[C@@H]1C(=O)Nc1cccc2ccccc12. The van der Waals surface area contributed by atoms with Crippen LogP contribution in [-0.2, 0) is 4.79 Å². The molecule has 0 aliphatic heterocycles. The molecule has 0 unspecified atom stereocenters. The van der Waals surface area contributed by atoms with Gasteiger partial charge >= 0.3 is 0 Å². The lowest BCUT2D eigenvalue weighted by Gasteiger charge is -2.08. The van der Waals surface area contributed by atoms with Gasteiger partial charge < -0.3 is 5.32 Å². The first-order valence-corrected chi connectivity index (χ1v) is 7.58. The molecule has 2 nitrogen and oxygen atoms in total. The zero-order valence-electron chi connectivity index (χ0n) is 11.9. The lowest BCUT2D eigenvalue weighted by molar-refractivity contribution is -0.117. The Morgan fingerprint density at radius 3 is 2.85 bits per heavy atom. The molecule has 0 bridgehead atoms. The third-order valence-corrected chi connectivity index (χ3v) is 4.24. The molecule has 2 atom stereocenters. The molecule has 0 heterocycles. The molecule has 104 valence electrons. The van der Waals surface area contributed by atoms with Crippen LogP contribution in [0.3, 0.4) is 0 Å². The summed E-state index contributed by atoms with van der Waals surface area (Å²) in [4.78, 5) is 12.3. The van der Waals surface area contributed by atoms with Gasteiger partial charge in [0.15, 0.2) is 0 Å². The van der Waals surface area contributed by atoms with Crippen LogP contribution in [0.5, 0.6) is 0 Å². The number of hydrogen-bond donors (Lipinski definition) is 1. The van der Waals surface area contributed by atoms with E-state index in [2.05, 4.69) is 30.4 Å². The van der Waals surface area contributed by atoms with Gasteiger partial charge in [-0.25, -0.2) is 0 Å². The third-order valence-electron chi connectivity index (χ3n) is 4.24. The fourth-order valence-electron chi connectivity index (χ4n) is 2.91. The molecule has 3 rings (SSSR count). The van der Waals surface area contributed by atoms with E-state index in [1.165, 1.54) is 24.6 Å². The van der Waals surface area contributed by atoms with Crippen molar-refractivity contribution in [2.24, 2.45) is 11.8 Å². The first-order chi connectivity index (χ1) is 9.79. The number of carbonyl (C=O) groups excluding carboxylic acids is 1. The van der Waals surface area contributed by atoms with Crippen LogP contribution in [0.2, 0.25) is 0 Å². The van der Waals surface area contributed by atoms with Crippen LogP contribution in [0.1, 0.15) is 32.6 Å². The lowest BCUT2D eigenvalue weighted by Crippen LogP contribution is -2.15. The molecular weight excluding hydrogens is 246 g/mol. The van der Waals surface area contributed by atoms with Crippen molar-refractivity contribution in [1.29, 1.82) is 0 Å². The van der Waals surface area contributed by atoms with Crippen molar-refractivity contribution in [3.8, 4) is 0 Å². The fourth-order valence-corrected chi connectivity index (χ4v) is 2.91. The molecule has 1 fully saturated rings. The summed E-state index contributed by atoms with van der Waals surface area (Å²) in [7, 11) is 0. The van der Waals surface area contributed by atoms with E-state index in [1.54, 1.807) is 0 Å². The van der Waals surface area contributed by atoms with E-state index >= 15 is 0 Å². The van der Waals surface area contributed by atoms with Gasteiger partial charge in [0.05, 0.1) is 0 Å². The number of carbonyl (C=O) groups is 1. The number of nitrogens with one attached hydrogen (secondary N) is 1. The highest BCUT2D eigenvalue weighted by atomic mass is 16.2. The fraction of sp³-hybridized carbons (Fsp3) is 0.389. The van der Waals surface area contributed by atoms with E-state index in [0.29, 0.717) is 5.92 Å². The molecule has 20 heavy (non-hydrogen) atoms. The summed E-state index contributed by atoms with van der Waals surface area (Å²) in [6.07, 6.45) is 4.72. The third kappa shape index (κ3) is 2.69. The normalized spacial score (nSPS) is 20.9. The Morgan fingerprint density at radius 2 is 2.00 bits per heavy atom. The lowest BCUT2D eigenvalue weighted by atomic mass is 10.1. The predicted octanol–water partition coefficient (Wildman–Crippen LogP) is 4.60.